The molecule has 16 heavy (non-hydrogen) atoms. The van der Waals surface area contributed by atoms with Crippen LogP contribution in [0.4, 0.5) is 0 Å². The smallest absolute Gasteiger partial charge is 0.335 e. The van der Waals surface area contributed by atoms with Crippen molar-refractivity contribution in [3.05, 3.63) is 23.3 Å². The van der Waals surface area contributed by atoms with Crippen LogP contribution in [0, 0.1) is 0 Å². The third kappa shape index (κ3) is 2.45. The Morgan fingerprint density at radius 2 is 1.75 bits per heavy atom. The maximum Gasteiger partial charge on any atom is 0.335 e. The lowest BCUT2D eigenvalue weighted by molar-refractivity contribution is 0.0696. The zero-order chi connectivity index (χ0) is 12.1. The summed E-state index contributed by atoms with van der Waals surface area (Å²) in [5.41, 5.74) is 1.09. The van der Waals surface area contributed by atoms with Crippen molar-refractivity contribution in [3.8, 4) is 11.5 Å². The highest BCUT2D eigenvalue weighted by Crippen LogP contribution is 2.31. The number of methoxy groups -OCH3 is 2. The molecule has 1 N–H and O–H groups in total. The van der Waals surface area contributed by atoms with Gasteiger partial charge in [0.05, 0.1) is 19.8 Å². The highest BCUT2D eigenvalue weighted by Gasteiger charge is 2.14. The predicted octanol–water partition coefficient (Wildman–Crippen LogP) is 2.35. The van der Waals surface area contributed by atoms with Crippen LogP contribution in [-0.4, -0.2) is 25.3 Å². The fourth-order valence-electron chi connectivity index (χ4n) is 1.60. The highest BCUT2D eigenvalue weighted by atomic mass is 16.5. The first-order valence-corrected chi connectivity index (χ1v) is 5.12. The molecule has 0 aromatic heterocycles. The van der Waals surface area contributed by atoms with Crippen molar-refractivity contribution in [2.45, 2.75) is 19.8 Å². The number of hydrogen-bond donors (Lipinski definition) is 1. The van der Waals surface area contributed by atoms with Crippen molar-refractivity contribution in [3.63, 3.8) is 0 Å². The van der Waals surface area contributed by atoms with E-state index in [4.69, 9.17) is 14.6 Å². The molecule has 0 heterocycles. The fraction of sp³-hybridized carbons (Fsp3) is 0.417. The molecule has 1 aromatic rings. The molecule has 1 rings (SSSR count). The molecule has 0 amide bonds. The number of hydrogen-bond acceptors (Lipinski definition) is 3. The minimum atomic E-state index is -0.986. The van der Waals surface area contributed by atoms with Gasteiger partial charge in [-0.05, 0) is 18.6 Å². The van der Waals surface area contributed by atoms with E-state index in [1.165, 1.54) is 26.4 Å². The van der Waals surface area contributed by atoms with Gasteiger partial charge in [0.25, 0.3) is 0 Å². The van der Waals surface area contributed by atoms with Gasteiger partial charge in [0.2, 0.25) is 0 Å². The Kier molecular flexibility index (Phi) is 4.17. The van der Waals surface area contributed by atoms with Gasteiger partial charge < -0.3 is 14.6 Å². The number of carboxylic acids is 1. The maximum absolute atomic E-state index is 10.9. The summed E-state index contributed by atoms with van der Waals surface area (Å²) in [6.45, 7) is 2.05. The third-order valence-electron chi connectivity index (χ3n) is 2.35. The summed E-state index contributed by atoms with van der Waals surface area (Å²) < 4.78 is 10.4. The van der Waals surface area contributed by atoms with Crippen LogP contribution in [-0.2, 0) is 6.42 Å². The van der Waals surface area contributed by atoms with Crippen molar-refractivity contribution < 1.29 is 19.4 Å². The Labute approximate surface area is 94.8 Å². The second kappa shape index (κ2) is 5.39. The summed E-state index contributed by atoms with van der Waals surface area (Å²) in [5.74, 6) is 0.150. The number of carboxylic acid groups (broad SMARTS) is 1. The molecule has 88 valence electrons. The van der Waals surface area contributed by atoms with E-state index >= 15 is 0 Å². The van der Waals surface area contributed by atoms with Crippen LogP contribution in [0.15, 0.2) is 12.1 Å². The normalized spacial score (nSPS) is 9.94. The number of rotatable bonds is 5. The molecule has 0 aliphatic rings. The first kappa shape index (κ1) is 12.4. The molecular weight excluding hydrogens is 208 g/mol. The van der Waals surface area contributed by atoms with E-state index in [0.29, 0.717) is 11.5 Å². The van der Waals surface area contributed by atoms with Crippen LogP contribution in [0.25, 0.3) is 0 Å². The second-order valence-corrected chi connectivity index (χ2v) is 3.41. The minimum absolute atomic E-state index is 0.175. The monoisotopic (exact) mass is 224 g/mol. The molecule has 0 aliphatic carbocycles. The zero-order valence-electron chi connectivity index (χ0n) is 9.74. The molecule has 1 aromatic carbocycles. The lowest BCUT2D eigenvalue weighted by Crippen LogP contribution is -2.02. The lowest BCUT2D eigenvalue weighted by atomic mass is 10.0. The summed E-state index contributed by atoms with van der Waals surface area (Å²) in [6, 6.07) is 3.05. The standard InChI is InChI=1S/C12H16O4/c1-4-5-9-10(15-2)6-8(12(13)14)7-11(9)16-3/h6-7H,4-5H2,1-3H3,(H,13,14). The Balaban J connectivity index is 3.30. The van der Waals surface area contributed by atoms with Crippen LogP contribution in [0.5, 0.6) is 11.5 Å². The Hall–Kier alpha value is -1.71. The second-order valence-electron chi connectivity index (χ2n) is 3.41. The van der Waals surface area contributed by atoms with Crippen LogP contribution in [0.2, 0.25) is 0 Å². The molecule has 4 nitrogen and oxygen atoms in total. The van der Waals surface area contributed by atoms with Gasteiger partial charge in [-0.25, -0.2) is 4.79 Å². The van der Waals surface area contributed by atoms with Crippen LogP contribution in [0.1, 0.15) is 29.3 Å². The highest BCUT2D eigenvalue weighted by molar-refractivity contribution is 5.89. The van der Waals surface area contributed by atoms with Gasteiger partial charge in [0.15, 0.2) is 0 Å². The topological polar surface area (TPSA) is 55.8 Å². The van der Waals surface area contributed by atoms with Crippen LogP contribution >= 0.6 is 0 Å². The molecule has 0 spiro atoms. The van der Waals surface area contributed by atoms with Crippen molar-refractivity contribution >= 4 is 5.97 Å². The average Bonchev–Trinajstić information content (AvgIpc) is 2.29. The van der Waals surface area contributed by atoms with Crippen molar-refractivity contribution in [1.82, 2.24) is 0 Å². The molecule has 0 fully saturated rings. The minimum Gasteiger partial charge on any atom is -0.496 e. The summed E-state index contributed by atoms with van der Waals surface area (Å²) in [4.78, 5) is 10.9. The molecule has 0 saturated carbocycles. The summed E-state index contributed by atoms with van der Waals surface area (Å²) >= 11 is 0. The number of carbonyl (C=O) groups is 1. The predicted molar refractivity (Wildman–Crippen MR) is 60.5 cm³/mol. The average molecular weight is 224 g/mol. The van der Waals surface area contributed by atoms with Gasteiger partial charge in [-0.2, -0.15) is 0 Å². The van der Waals surface area contributed by atoms with Gasteiger partial charge in [-0.3, -0.25) is 0 Å². The lowest BCUT2D eigenvalue weighted by Gasteiger charge is -2.13. The Morgan fingerprint density at radius 1 is 1.25 bits per heavy atom. The summed E-state index contributed by atoms with van der Waals surface area (Å²) in [7, 11) is 3.05. The quantitative estimate of drug-likeness (QED) is 0.834. The van der Waals surface area contributed by atoms with E-state index in [-0.39, 0.29) is 5.56 Å². The van der Waals surface area contributed by atoms with E-state index in [1.54, 1.807) is 0 Å². The largest absolute Gasteiger partial charge is 0.496 e. The first-order valence-electron chi connectivity index (χ1n) is 5.12. The number of benzene rings is 1. The number of aromatic carboxylic acids is 1. The van der Waals surface area contributed by atoms with Crippen molar-refractivity contribution in [2.24, 2.45) is 0 Å². The Morgan fingerprint density at radius 3 is 2.06 bits per heavy atom. The zero-order valence-corrected chi connectivity index (χ0v) is 9.74. The summed E-state index contributed by atoms with van der Waals surface area (Å²) in [6.07, 6.45) is 1.74. The summed E-state index contributed by atoms with van der Waals surface area (Å²) in [5, 5.41) is 8.93. The van der Waals surface area contributed by atoms with E-state index in [1.807, 2.05) is 6.92 Å². The first-order chi connectivity index (χ1) is 7.63. The molecular formula is C12H16O4. The molecule has 0 atom stereocenters. The van der Waals surface area contributed by atoms with E-state index in [2.05, 4.69) is 0 Å². The molecule has 0 saturated heterocycles. The molecule has 0 radical (unpaired) electrons. The molecule has 4 heteroatoms. The van der Waals surface area contributed by atoms with E-state index in [0.717, 1.165) is 18.4 Å². The van der Waals surface area contributed by atoms with Crippen molar-refractivity contribution in [2.75, 3.05) is 14.2 Å². The van der Waals surface area contributed by atoms with Crippen molar-refractivity contribution in [1.29, 1.82) is 0 Å². The van der Waals surface area contributed by atoms with Crippen LogP contribution in [0.3, 0.4) is 0 Å². The maximum atomic E-state index is 10.9. The van der Waals surface area contributed by atoms with Gasteiger partial charge in [0.1, 0.15) is 11.5 Å². The van der Waals surface area contributed by atoms with Gasteiger partial charge >= 0.3 is 5.97 Å². The van der Waals surface area contributed by atoms with Gasteiger partial charge in [-0.15, -0.1) is 0 Å². The van der Waals surface area contributed by atoms with Crippen LogP contribution < -0.4 is 9.47 Å². The number of ether oxygens (including phenoxy) is 2. The molecule has 0 aliphatic heterocycles. The fourth-order valence-corrected chi connectivity index (χ4v) is 1.60. The van der Waals surface area contributed by atoms with Gasteiger partial charge in [-0.1, -0.05) is 13.3 Å². The SMILES string of the molecule is CCCc1c(OC)cc(C(=O)O)cc1OC. The van der Waals surface area contributed by atoms with Gasteiger partial charge in [0, 0.05) is 5.56 Å². The third-order valence-corrected chi connectivity index (χ3v) is 2.35. The van der Waals surface area contributed by atoms with E-state index < -0.39 is 5.97 Å². The molecule has 0 bridgehead atoms. The molecule has 0 unspecified atom stereocenters. The Bertz CT molecular complexity index is 360. The van der Waals surface area contributed by atoms with E-state index in [9.17, 15) is 4.79 Å².